The Hall–Kier alpha value is -3.84. The molecule has 3 heterocycles. The van der Waals surface area contributed by atoms with E-state index < -0.39 is 5.97 Å². The number of hydrazone groups is 1. The minimum Gasteiger partial charge on any atom is -0.478 e. The molecule has 2 aromatic heterocycles. The van der Waals surface area contributed by atoms with Crippen molar-refractivity contribution in [1.82, 2.24) is 15.0 Å². The number of anilines is 1. The van der Waals surface area contributed by atoms with E-state index in [1.54, 1.807) is 18.5 Å². The summed E-state index contributed by atoms with van der Waals surface area (Å²) in [7, 11) is 0. The number of fused-ring (bicyclic) bond motifs is 1. The molecule has 1 aliphatic rings. The molecule has 0 bridgehead atoms. The summed E-state index contributed by atoms with van der Waals surface area (Å²) in [6.45, 7) is 0. The number of pyridine rings is 1. The highest BCUT2D eigenvalue weighted by Crippen LogP contribution is 2.36. The fourth-order valence-electron chi connectivity index (χ4n) is 3.63. The number of hydrogen-bond donors (Lipinski definition) is 1. The van der Waals surface area contributed by atoms with Gasteiger partial charge >= 0.3 is 5.97 Å². The van der Waals surface area contributed by atoms with Gasteiger partial charge in [0.2, 0.25) is 0 Å². The van der Waals surface area contributed by atoms with Crippen LogP contribution in [0.2, 0.25) is 5.02 Å². The van der Waals surface area contributed by atoms with Crippen LogP contribution in [0.4, 0.5) is 5.82 Å². The molecule has 5 rings (SSSR count). The van der Waals surface area contributed by atoms with Gasteiger partial charge in [0.1, 0.15) is 5.82 Å². The van der Waals surface area contributed by atoms with Crippen molar-refractivity contribution in [1.29, 1.82) is 0 Å². The van der Waals surface area contributed by atoms with E-state index in [9.17, 15) is 4.79 Å². The zero-order valence-corrected chi connectivity index (χ0v) is 16.9. The summed E-state index contributed by atoms with van der Waals surface area (Å²) >= 11 is 6.08. The lowest BCUT2D eigenvalue weighted by Crippen LogP contribution is -2.19. The lowest BCUT2D eigenvalue weighted by molar-refractivity contribution is 0.0696. The second kappa shape index (κ2) is 7.77. The quantitative estimate of drug-likeness (QED) is 0.504. The van der Waals surface area contributed by atoms with Gasteiger partial charge in [-0.25, -0.2) is 14.8 Å². The fourth-order valence-corrected chi connectivity index (χ4v) is 3.76. The Kier molecular flexibility index (Phi) is 4.80. The van der Waals surface area contributed by atoms with Crippen LogP contribution in [0.3, 0.4) is 0 Å². The Labute approximate surface area is 182 Å². The minimum atomic E-state index is -1.02. The SMILES string of the molecule is O=C(O)c1ccc(N2N=C(c3ccc4nccnc4c3)CC2c2ccc(Cl)cc2)nc1. The number of halogens is 1. The molecule has 4 aromatic rings. The first-order valence-corrected chi connectivity index (χ1v) is 9.99. The largest absolute Gasteiger partial charge is 0.478 e. The Balaban J connectivity index is 1.56. The average Bonchev–Trinajstić information content (AvgIpc) is 3.25. The smallest absolute Gasteiger partial charge is 0.337 e. The second-order valence-electron chi connectivity index (χ2n) is 7.13. The topological polar surface area (TPSA) is 91.6 Å². The molecule has 0 amide bonds. The van der Waals surface area contributed by atoms with Crippen LogP contribution in [0.5, 0.6) is 0 Å². The molecule has 1 N–H and O–H groups in total. The van der Waals surface area contributed by atoms with Gasteiger partial charge in [0, 0.05) is 35.6 Å². The van der Waals surface area contributed by atoms with Gasteiger partial charge < -0.3 is 5.11 Å². The molecule has 0 spiro atoms. The summed E-state index contributed by atoms with van der Waals surface area (Å²) in [5.74, 6) is -0.447. The molecule has 8 heteroatoms. The van der Waals surface area contributed by atoms with Gasteiger partial charge in [-0.05, 0) is 42.0 Å². The van der Waals surface area contributed by atoms with Crippen LogP contribution in [0.25, 0.3) is 11.0 Å². The van der Waals surface area contributed by atoms with Gasteiger partial charge in [-0.2, -0.15) is 5.10 Å². The number of benzene rings is 2. The van der Waals surface area contributed by atoms with Crippen LogP contribution in [0, 0.1) is 0 Å². The number of aromatic carboxylic acids is 1. The van der Waals surface area contributed by atoms with Crippen LogP contribution in [-0.2, 0) is 0 Å². The molecule has 2 aromatic carbocycles. The average molecular weight is 430 g/mol. The van der Waals surface area contributed by atoms with Crippen LogP contribution >= 0.6 is 11.6 Å². The first-order valence-electron chi connectivity index (χ1n) is 9.61. The highest BCUT2D eigenvalue weighted by atomic mass is 35.5. The Morgan fingerprint density at radius 1 is 0.968 bits per heavy atom. The van der Waals surface area contributed by atoms with Crippen molar-refractivity contribution < 1.29 is 9.90 Å². The van der Waals surface area contributed by atoms with Crippen molar-refractivity contribution in [3.63, 3.8) is 0 Å². The summed E-state index contributed by atoms with van der Waals surface area (Å²) < 4.78 is 0. The third-order valence-corrected chi connectivity index (χ3v) is 5.45. The van der Waals surface area contributed by atoms with E-state index in [4.69, 9.17) is 21.8 Å². The summed E-state index contributed by atoms with van der Waals surface area (Å²) in [5.41, 5.74) is 4.62. The van der Waals surface area contributed by atoms with Gasteiger partial charge in [0.15, 0.2) is 0 Å². The summed E-state index contributed by atoms with van der Waals surface area (Å²) in [6, 6.07) is 16.6. The molecule has 0 saturated heterocycles. The lowest BCUT2D eigenvalue weighted by Gasteiger charge is -2.23. The van der Waals surface area contributed by atoms with Gasteiger partial charge in [-0.1, -0.05) is 29.8 Å². The van der Waals surface area contributed by atoms with E-state index in [2.05, 4.69) is 15.0 Å². The second-order valence-corrected chi connectivity index (χ2v) is 7.57. The van der Waals surface area contributed by atoms with Gasteiger partial charge in [0.25, 0.3) is 0 Å². The van der Waals surface area contributed by atoms with Crippen LogP contribution in [-0.4, -0.2) is 31.7 Å². The predicted octanol–water partition coefficient (Wildman–Crippen LogP) is 4.73. The highest BCUT2D eigenvalue weighted by molar-refractivity contribution is 6.30. The summed E-state index contributed by atoms with van der Waals surface area (Å²) in [4.78, 5) is 24.2. The van der Waals surface area contributed by atoms with Crippen molar-refractivity contribution in [2.45, 2.75) is 12.5 Å². The normalized spacial score (nSPS) is 15.8. The number of carboxylic acids is 1. The first-order chi connectivity index (χ1) is 15.1. The monoisotopic (exact) mass is 429 g/mol. The van der Waals surface area contributed by atoms with E-state index in [0.29, 0.717) is 17.3 Å². The van der Waals surface area contributed by atoms with Crippen molar-refractivity contribution in [2.24, 2.45) is 5.10 Å². The van der Waals surface area contributed by atoms with Crippen LogP contribution in [0.15, 0.2) is 78.3 Å². The molecule has 0 radical (unpaired) electrons. The third-order valence-electron chi connectivity index (χ3n) is 5.20. The number of carboxylic acid groups (broad SMARTS) is 1. The molecule has 7 nitrogen and oxygen atoms in total. The van der Waals surface area contributed by atoms with Gasteiger partial charge in [-0.3, -0.25) is 9.97 Å². The molecule has 152 valence electrons. The number of hydrogen-bond acceptors (Lipinski definition) is 6. The molecule has 1 atom stereocenters. The number of nitrogens with zero attached hydrogens (tertiary/aromatic N) is 5. The minimum absolute atomic E-state index is 0.104. The maximum atomic E-state index is 11.2. The number of carbonyl (C=O) groups is 1. The molecule has 0 fully saturated rings. The fraction of sp³-hybridized carbons (Fsp3) is 0.0870. The van der Waals surface area contributed by atoms with E-state index in [0.717, 1.165) is 27.9 Å². The first kappa shape index (κ1) is 19.1. The molecular weight excluding hydrogens is 414 g/mol. The number of rotatable bonds is 4. The maximum Gasteiger partial charge on any atom is 0.337 e. The van der Waals surface area contributed by atoms with E-state index in [1.165, 1.54) is 12.3 Å². The van der Waals surface area contributed by atoms with E-state index >= 15 is 0 Å². The van der Waals surface area contributed by atoms with E-state index in [-0.39, 0.29) is 11.6 Å². The van der Waals surface area contributed by atoms with Crippen molar-refractivity contribution >= 4 is 40.1 Å². The van der Waals surface area contributed by atoms with Gasteiger partial charge in [-0.15, -0.1) is 0 Å². The molecule has 1 unspecified atom stereocenters. The maximum absolute atomic E-state index is 11.2. The van der Waals surface area contributed by atoms with Crippen molar-refractivity contribution in [2.75, 3.05) is 5.01 Å². The van der Waals surface area contributed by atoms with Crippen LogP contribution in [0.1, 0.15) is 33.9 Å². The lowest BCUT2D eigenvalue weighted by atomic mass is 9.98. The van der Waals surface area contributed by atoms with Crippen molar-refractivity contribution in [3.05, 3.63) is 94.9 Å². The Morgan fingerprint density at radius 3 is 2.45 bits per heavy atom. The van der Waals surface area contributed by atoms with Crippen molar-refractivity contribution in [3.8, 4) is 0 Å². The zero-order valence-electron chi connectivity index (χ0n) is 16.2. The van der Waals surface area contributed by atoms with E-state index in [1.807, 2.05) is 47.5 Å². The van der Waals surface area contributed by atoms with Gasteiger partial charge in [0.05, 0.1) is 28.4 Å². The summed E-state index contributed by atoms with van der Waals surface area (Å²) in [5, 5.41) is 16.5. The number of aromatic nitrogens is 3. The third kappa shape index (κ3) is 3.71. The predicted molar refractivity (Wildman–Crippen MR) is 119 cm³/mol. The molecule has 0 saturated carbocycles. The summed E-state index contributed by atoms with van der Waals surface area (Å²) in [6.07, 6.45) is 5.32. The Morgan fingerprint density at radius 2 is 1.74 bits per heavy atom. The molecule has 31 heavy (non-hydrogen) atoms. The van der Waals surface area contributed by atoms with Crippen LogP contribution < -0.4 is 5.01 Å². The molecule has 1 aliphatic heterocycles. The molecule has 0 aliphatic carbocycles. The zero-order chi connectivity index (χ0) is 21.4. The highest BCUT2D eigenvalue weighted by Gasteiger charge is 2.31. The Bertz CT molecular complexity index is 1310. The molecular formula is C23H16ClN5O2. The standard InChI is InChI=1S/C23H16ClN5O2/c24-17-5-1-14(2-6-17)21-12-19(15-3-7-18-20(11-15)26-10-9-25-18)28-29(21)22-8-4-16(13-27-22)23(30)31/h1-11,13,21H,12H2,(H,30,31).